The van der Waals surface area contributed by atoms with E-state index in [-0.39, 0.29) is 17.2 Å². The van der Waals surface area contributed by atoms with Crippen LogP contribution in [0, 0.1) is 5.41 Å². The van der Waals surface area contributed by atoms with Crippen LogP contribution in [0.25, 0.3) is 0 Å². The molecule has 1 saturated carbocycles. The summed E-state index contributed by atoms with van der Waals surface area (Å²) in [7, 11) is 3.48. The van der Waals surface area contributed by atoms with Crippen LogP contribution in [-0.4, -0.2) is 35.9 Å². The number of nitrogens with one attached hydrogen (secondary N) is 1. The van der Waals surface area contributed by atoms with Gasteiger partial charge >= 0.3 is 0 Å². The number of rotatable bonds is 7. The highest BCUT2D eigenvalue weighted by Gasteiger charge is 2.42. The van der Waals surface area contributed by atoms with E-state index in [0.29, 0.717) is 17.3 Å². The number of ether oxygens (including phenoxy) is 1. The lowest BCUT2D eigenvalue weighted by molar-refractivity contribution is 0.0940. The van der Waals surface area contributed by atoms with Gasteiger partial charge in [-0.25, -0.2) is 0 Å². The van der Waals surface area contributed by atoms with Crippen LogP contribution in [-0.2, 0) is 11.8 Å². The lowest BCUT2D eigenvalue weighted by atomic mass is 10.0. The Bertz CT molecular complexity index is 521. The zero-order chi connectivity index (χ0) is 15.6. The Labute approximate surface area is 131 Å². The van der Waals surface area contributed by atoms with E-state index < -0.39 is 0 Å². The quantitative estimate of drug-likeness (QED) is 0.842. The minimum atomic E-state index is -0.134. The van der Waals surface area contributed by atoms with Crippen LogP contribution in [0.4, 0.5) is 0 Å². The molecule has 0 atom stereocenters. The molecule has 1 aromatic heterocycles. The third-order valence-electron chi connectivity index (χ3n) is 4.13. The number of hydrogen-bond acceptors (Lipinski definition) is 3. The molecule has 1 aliphatic carbocycles. The SMILES string of the molecule is COCC1(CCNC(=O)c2c(C(C)C)nn(C)c2Cl)CC1. The van der Waals surface area contributed by atoms with Gasteiger partial charge in [0.1, 0.15) is 5.15 Å². The van der Waals surface area contributed by atoms with Gasteiger partial charge in [-0.3, -0.25) is 9.48 Å². The molecule has 6 heteroatoms. The van der Waals surface area contributed by atoms with Gasteiger partial charge in [0, 0.05) is 20.7 Å². The molecular weight excluding hydrogens is 290 g/mol. The summed E-state index contributed by atoms with van der Waals surface area (Å²) in [6.45, 7) is 5.43. The minimum absolute atomic E-state index is 0.134. The predicted octanol–water partition coefficient (Wildman–Crippen LogP) is 2.74. The summed E-state index contributed by atoms with van der Waals surface area (Å²) in [5.41, 5.74) is 1.53. The molecule has 1 aromatic rings. The van der Waals surface area contributed by atoms with Crippen molar-refractivity contribution in [3.8, 4) is 0 Å². The summed E-state index contributed by atoms with van der Waals surface area (Å²) in [6, 6.07) is 0. The van der Waals surface area contributed by atoms with Crippen LogP contribution in [0.3, 0.4) is 0 Å². The first-order valence-corrected chi connectivity index (χ1v) is 7.77. The number of carbonyl (C=O) groups excluding carboxylic acids is 1. The van der Waals surface area contributed by atoms with E-state index in [2.05, 4.69) is 10.4 Å². The first-order chi connectivity index (χ1) is 9.90. The van der Waals surface area contributed by atoms with Gasteiger partial charge in [-0.1, -0.05) is 25.4 Å². The van der Waals surface area contributed by atoms with Crippen LogP contribution < -0.4 is 5.32 Å². The third kappa shape index (κ3) is 3.58. The molecule has 1 heterocycles. The molecule has 1 amide bonds. The van der Waals surface area contributed by atoms with Crippen molar-refractivity contribution < 1.29 is 9.53 Å². The van der Waals surface area contributed by atoms with Crippen LogP contribution in [0.5, 0.6) is 0 Å². The van der Waals surface area contributed by atoms with Gasteiger partial charge in [0.25, 0.3) is 5.91 Å². The molecule has 2 rings (SSSR count). The maximum absolute atomic E-state index is 12.4. The average Bonchev–Trinajstić information content (AvgIpc) is 3.10. The smallest absolute Gasteiger partial charge is 0.256 e. The van der Waals surface area contributed by atoms with E-state index in [4.69, 9.17) is 16.3 Å². The number of nitrogens with zero attached hydrogens (tertiary/aromatic N) is 2. The Balaban J connectivity index is 1.98. The molecule has 0 unspecified atom stereocenters. The molecule has 0 aliphatic heterocycles. The summed E-state index contributed by atoms with van der Waals surface area (Å²) in [6.07, 6.45) is 3.31. The summed E-state index contributed by atoms with van der Waals surface area (Å²) >= 11 is 6.20. The lowest BCUT2D eigenvalue weighted by Crippen LogP contribution is -2.28. The fourth-order valence-electron chi connectivity index (χ4n) is 2.62. The van der Waals surface area contributed by atoms with Gasteiger partial charge in [0.15, 0.2) is 0 Å². The van der Waals surface area contributed by atoms with Crippen molar-refractivity contribution in [1.29, 1.82) is 0 Å². The number of aryl methyl sites for hydroxylation is 1. The fourth-order valence-corrected chi connectivity index (χ4v) is 2.84. The summed E-state index contributed by atoms with van der Waals surface area (Å²) in [5.74, 6) is 0.0257. The highest BCUT2D eigenvalue weighted by Crippen LogP contribution is 2.48. The molecule has 21 heavy (non-hydrogen) atoms. The van der Waals surface area contributed by atoms with Crippen molar-refractivity contribution in [3.63, 3.8) is 0 Å². The summed E-state index contributed by atoms with van der Waals surface area (Å²) in [5, 5.41) is 7.70. The lowest BCUT2D eigenvalue weighted by Gasteiger charge is -2.14. The van der Waals surface area contributed by atoms with Gasteiger partial charge < -0.3 is 10.1 Å². The maximum atomic E-state index is 12.4. The van der Waals surface area contributed by atoms with Crippen LogP contribution in [0.15, 0.2) is 0 Å². The van der Waals surface area contributed by atoms with Crippen molar-refractivity contribution in [2.24, 2.45) is 12.5 Å². The first kappa shape index (κ1) is 16.3. The molecule has 0 bridgehead atoms. The Kier molecular flexibility index (Phi) is 4.94. The predicted molar refractivity (Wildman–Crippen MR) is 82.8 cm³/mol. The van der Waals surface area contributed by atoms with Crippen LogP contribution in [0.1, 0.15) is 55.1 Å². The fraction of sp³-hybridized carbons (Fsp3) is 0.733. The normalized spacial score (nSPS) is 16.3. The molecule has 0 spiro atoms. The van der Waals surface area contributed by atoms with E-state index in [1.165, 1.54) is 12.8 Å². The van der Waals surface area contributed by atoms with E-state index in [9.17, 15) is 4.79 Å². The molecule has 1 N–H and O–H groups in total. The van der Waals surface area contributed by atoms with E-state index >= 15 is 0 Å². The Morgan fingerprint density at radius 1 is 1.52 bits per heavy atom. The minimum Gasteiger partial charge on any atom is -0.384 e. The number of halogens is 1. The Morgan fingerprint density at radius 2 is 2.19 bits per heavy atom. The van der Waals surface area contributed by atoms with Gasteiger partial charge in [0.2, 0.25) is 0 Å². The number of methoxy groups -OCH3 is 1. The monoisotopic (exact) mass is 313 g/mol. The van der Waals surface area contributed by atoms with Crippen molar-refractivity contribution in [1.82, 2.24) is 15.1 Å². The molecular formula is C15H24ClN3O2. The van der Waals surface area contributed by atoms with E-state index in [1.807, 2.05) is 13.8 Å². The standard InChI is InChI=1S/C15H24ClN3O2/c1-10(2)12-11(13(16)19(3)18-12)14(20)17-8-7-15(5-6-15)9-21-4/h10H,5-9H2,1-4H3,(H,17,20). The number of hydrogen-bond donors (Lipinski definition) is 1. The highest BCUT2D eigenvalue weighted by molar-refractivity contribution is 6.33. The highest BCUT2D eigenvalue weighted by atomic mass is 35.5. The van der Waals surface area contributed by atoms with Gasteiger partial charge in [-0.15, -0.1) is 0 Å². The van der Waals surface area contributed by atoms with Gasteiger partial charge in [-0.2, -0.15) is 5.10 Å². The summed E-state index contributed by atoms with van der Waals surface area (Å²) < 4.78 is 6.79. The van der Waals surface area contributed by atoms with E-state index in [0.717, 1.165) is 18.7 Å². The van der Waals surface area contributed by atoms with Crippen molar-refractivity contribution in [2.45, 2.75) is 39.0 Å². The number of carbonyl (C=O) groups is 1. The summed E-state index contributed by atoms with van der Waals surface area (Å²) in [4.78, 5) is 12.4. The molecule has 0 saturated heterocycles. The molecule has 0 aromatic carbocycles. The van der Waals surface area contributed by atoms with Crippen LogP contribution in [0.2, 0.25) is 5.15 Å². The first-order valence-electron chi connectivity index (χ1n) is 7.40. The zero-order valence-corrected chi connectivity index (χ0v) is 14.0. The molecule has 0 radical (unpaired) electrons. The molecule has 1 fully saturated rings. The van der Waals surface area contributed by atoms with Gasteiger partial charge in [-0.05, 0) is 30.6 Å². The van der Waals surface area contributed by atoms with E-state index in [1.54, 1.807) is 18.8 Å². The Morgan fingerprint density at radius 3 is 2.71 bits per heavy atom. The van der Waals surface area contributed by atoms with Gasteiger partial charge in [0.05, 0.1) is 17.9 Å². The maximum Gasteiger partial charge on any atom is 0.256 e. The largest absolute Gasteiger partial charge is 0.384 e. The zero-order valence-electron chi connectivity index (χ0n) is 13.2. The second kappa shape index (κ2) is 6.36. The average molecular weight is 314 g/mol. The van der Waals surface area contributed by atoms with Crippen LogP contribution >= 0.6 is 11.6 Å². The topological polar surface area (TPSA) is 56.1 Å². The Hall–Kier alpha value is -1.07. The molecule has 118 valence electrons. The number of amides is 1. The van der Waals surface area contributed by atoms with Crippen molar-refractivity contribution >= 4 is 17.5 Å². The molecule has 5 nitrogen and oxygen atoms in total. The second-order valence-electron chi connectivity index (χ2n) is 6.27. The third-order valence-corrected chi connectivity index (χ3v) is 4.56. The second-order valence-corrected chi connectivity index (χ2v) is 6.63. The van der Waals surface area contributed by atoms with Crippen molar-refractivity contribution in [2.75, 3.05) is 20.3 Å². The van der Waals surface area contributed by atoms with Crippen molar-refractivity contribution in [3.05, 3.63) is 16.4 Å². The molecule has 1 aliphatic rings. The number of aromatic nitrogens is 2.